The molecule has 4 heteroatoms. The lowest BCUT2D eigenvalue weighted by Crippen LogP contribution is -2.46. The Kier molecular flexibility index (Phi) is 4.38. The van der Waals surface area contributed by atoms with Gasteiger partial charge in [-0.15, -0.1) is 0 Å². The number of hydrogen-bond acceptors (Lipinski definition) is 4. The number of pyridine rings is 1. The highest BCUT2D eigenvalue weighted by atomic mass is 16.3. The first kappa shape index (κ1) is 16.1. The molecule has 0 amide bonds. The SMILES string of the molecule is CN1CCN(C(c2ccccc2)c2ccc3cccnc3c2O)CC1. The van der Waals surface area contributed by atoms with E-state index >= 15 is 0 Å². The van der Waals surface area contributed by atoms with E-state index in [1.165, 1.54) is 5.56 Å². The zero-order valence-corrected chi connectivity index (χ0v) is 14.5. The summed E-state index contributed by atoms with van der Waals surface area (Å²) in [5.41, 5.74) is 2.81. The molecule has 1 aromatic heterocycles. The smallest absolute Gasteiger partial charge is 0.146 e. The van der Waals surface area contributed by atoms with Crippen LogP contribution in [0.25, 0.3) is 10.9 Å². The molecule has 3 aromatic rings. The van der Waals surface area contributed by atoms with Gasteiger partial charge in [-0.2, -0.15) is 0 Å². The molecule has 4 rings (SSSR count). The van der Waals surface area contributed by atoms with Crippen molar-refractivity contribution in [3.63, 3.8) is 0 Å². The van der Waals surface area contributed by atoms with Gasteiger partial charge in [0.2, 0.25) is 0 Å². The maximum Gasteiger partial charge on any atom is 0.146 e. The summed E-state index contributed by atoms with van der Waals surface area (Å²) >= 11 is 0. The van der Waals surface area contributed by atoms with Gasteiger partial charge < -0.3 is 10.0 Å². The van der Waals surface area contributed by atoms with Crippen LogP contribution in [-0.4, -0.2) is 53.1 Å². The number of aromatic nitrogens is 1. The quantitative estimate of drug-likeness (QED) is 0.798. The molecule has 0 radical (unpaired) electrons. The van der Waals surface area contributed by atoms with Crippen LogP contribution in [0.5, 0.6) is 5.75 Å². The van der Waals surface area contributed by atoms with Gasteiger partial charge >= 0.3 is 0 Å². The van der Waals surface area contributed by atoms with E-state index in [0.717, 1.165) is 37.1 Å². The summed E-state index contributed by atoms with van der Waals surface area (Å²) in [7, 11) is 2.16. The van der Waals surface area contributed by atoms with E-state index in [1.807, 2.05) is 18.2 Å². The molecular formula is C21H23N3O. The summed E-state index contributed by atoms with van der Waals surface area (Å²) in [5.74, 6) is 0.297. The van der Waals surface area contributed by atoms with Gasteiger partial charge in [0.1, 0.15) is 11.3 Å². The van der Waals surface area contributed by atoms with Crippen molar-refractivity contribution in [3.8, 4) is 5.75 Å². The highest BCUT2D eigenvalue weighted by molar-refractivity contribution is 5.85. The number of phenolic OH excluding ortho intramolecular Hbond substituents is 1. The predicted octanol–water partition coefficient (Wildman–Crippen LogP) is 3.28. The van der Waals surface area contributed by atoms with E-state index in [9.17, 15) is 5.11 Å². The van der Waals surface area contributed by atoms with E-state index in [1.54, 1.807) is 6.20 Å². The standard InChI is InChI=1S/C21H23N3O/c1-23-12-14-24(15-13-23)20(17-6-3-2-4-7-17)18-10-9-16-8-5-11-22-19(16)21(18)25/h2-11,20,25H,12-15H2,1H3. The number of aromatic hydroxyl groups is 1. The van der Waals surface area contributed by atoms with E-state index < -0.39 is 0 Å². The molecule has 2 aromatic carbocycles. The molecule has 1 atom stereocenters. The highest BCUT2D eigenvalue weighted by Crippen LogP contribution is 2.38. The zero-order chi connectivity index (χ0) is 17.2. The Hall–Kier alpha value is -2.43. The van der Waals surface area contributed by atoms with Gasteiger partial charge in [-0.25, -0.2) is 0 Å². The molecule has 128 valence electrons. The minimum absolute atomic E-state index is 0.0429. The lowest BCUT2D eigenvalue weighted by atomic mass is 9.94. The van der Waals surface area contributed by atoms with Gasteiger partial charge in [-0.05, 0) is 18.7 Å². The van der Waals surface area contributed by atoms with Crippen molar-refractivity contribution in [1.29, 1.82) is 0 Å². The maximum atomic E-state index is 11.0. The lowest BCUT2D eigenvalue weighted by Gasteiger charge is -2.38. The normalized spacial score (nSPS) is 17.6. The summed E-state index contributed by atoms with van der Waals surface area (Å²) in [5, 5.41) is 11.9. The first-order chi connectivity index (χ1) is 12.2. The minimum atomic E-state index is 0.0429. The van der Waals surface area contributed by atoms with Gasteiger partial charge in [0.05, 0.1) is 6.04 Å². The summed E-state index contributed by atoms with van der Waals surface area (Å²) in [6.45, 7) is 4.04. The summed E-state index contributed by atoms with van der Waals surface area (Å²) in [6, 6.07) is 18.5. The number of benzene rings is 2. The summed E-state index contributed by atoms with van der Waals surface area (Å²) in [6.07, 6.45) is 1.74. The summed E-state index contributed by atoms with van der Waals surface area (Å²) in [4.78, 5) is 9.20. The molecule has 0 bridgehead atoms. The van der Waals surface area contributed by atoms with Crippen LogP contribution >= 0.6 is 0 Å². The topological polar surface area (TPSA) is 39.6 Å². The number of phenols is 1. The Balaban J connectivity index is 1.82. The number of nitrogens with zero attached hydrogens (tertiary/aromatic N) is 3. The van der Waals surface area contributed by atoms with Crippen molar-refractivity contribution >= 4 is 10.9 Å². The van der Waals surface area contributed by atoms with Crippen molar-refractivity contribution in [3.05, 3.63) is 71.9 Å². The minimum Gasteiger partial charge on any atom is -0.505 e. The van der Waals surface area contributed by atoms with Crippen LogP contribution in [0.4, 0.5) is 0 Å². The summed E-state index contributed by atoms with van der Waals surface area (Å²) < 4.78 is 0. The molecule has 1 unspecified atom stereocenters. The Morgan fingerprint density at radius 2 is 1.68 bits per heavy atom. The molecule has 2 heterocycles. The highest BCUT2D eigenvalue weighted by Gasteiger charge is 2.28. The van der Waals surface area contributed by atoms with Crippen LogP contribution in [0.1, 0.15) is 17.2 Å². The third-order valence-electron chi connectivity index (χ3n) is 5.09. The molecule has 4 nitrogen and oxygen atoms in total. The number of hydrogen-bond donors (Lipinski definition) is 1. The van der Waals surface area contributed by atoms with Gasteiger partial charge in [0.25, 0.3) is 0 Å². The largest absolute Gasteiger partial charge is 0.505 e. The Bertz CT molecular complexity index is 857. The fraction of sp³-hybridized carbons (Fsp3) is 0.286. The number of likely N-dealkylation sites (N-methyl/N-ethyl adjacent to an activating group) is 1. The van der Waals surface area contributed by atoms with E-state index in [2.05, 4.69) is 58.2 Å². The van der Waals surface area contributed by atoms with Crippen LogP contribution in [0.15, 0.2) is 60.8 Å². The fourth-order valence-corrected chi connectivity index (χ4v) is 3.67. The van der Waals surface area contributed by atoms with Crippen LogP contribution in [0.2, 0.25) is 0 Å². The third-order valence-corrected chi connectivity index (χ3v) is 5.09. The predicted molar refractivity (Wildman–Crippen MR) is 101 cm³/mol. The van der Waals surface area contributed by atoms with Crippen LogP contribution < -0.4 is 0 Å². The molecular weight excluding hydrogens is 310 g/mol. The molecule has 0 saturated carbocycles. The van der Waals surface area contributed by atoms with Crippen LogP contribution in [0.3, 0.4) is 0 Å². The molecule has 1 aliphatic heterocycles. The van der Waals surface area contributed by atoms with Crippen molar-refractivity contribution in [1.82, 2.24) is 14.8 Å². The second-order valence-corrected chi connectivity index (χ2v) is 6.73. The van der Waals surface area contributed by atoms with Crippen LogP contribution in [-0.2, 0) is 0 Å². The van der Waals surface area contributed by atoms with Gasteiger partial charge in [0.15, 0.2) is 0 Å². The molecule has 25 heavy (non-hydrogen) atoms. The fourth-order valence-electron chi connectivity index (χ4n) is 3.67. The van der Waals surface area contributed by atoms with Crippen molar-refractivity contribution in [2.75, 3.05) is 33.2 Å². The average Bonchev–Trinajstić information content (AvgIpc) is 2.66. The third kappa shape index (κ3) is 3.11. The van der Waals surface area contributed by atoms with Crippen molar-refractivity contribution < 1.29 is 5.11 Å². The van der Waals surface area contributed by atoms with Gasteiger partial charge in [-0.3, -0.25) is 9.88 Å². The van der Waals surface area contributed by atoms with E-state index in [-0.39, 0.29) is 6.04 Å². The van der Waals surface area contributed by atoms with E-state index in [4.69, 9.17) is 0 Å². The Morgan fingerprint density at radius 1 is 0.920 bits per heavy atom. The zero-order valence-electron chi connectivity index (χ0n) is 14.5. The number of piperazine rings is 1. The number of fused-ring (bicyclic) bond motifs is 1. The second kappa shape index (κ2) is 6.82. The molecule has 1 aliphatic rings. The first-order valence-corrected chi connectivity index (χ1v) is 8.78. The van der Waals surface area contributed by atoms with Crippen molar-refractivity contribution in [2.24, 2.45) is 0 Å². The molecule has 1 fully saturated rings. The van der Waals surface area contributed by atoms with Gasteiger partial charge in [0, 0.05) is 43.3 Å². The molecule has 0 spiro atoms. The molecule has 0 aliphatic carbocycles. The maximum absolute atomic E-state index is 11.0. The van der Waals surface area contributed by atoms with Crippen molar-refractivity contribution in [2.45, 2.75) is 6.04 Å². The van der Waals surface area contributed by atoms with Gasteiger partial charge in [-0.1, -0.05) is 48.5 Å². The molecule has 1 N–H and O–H groups in total. The molecule has 1 saturated heterocycles. The second-order valence-electron chi connectivity index (χ2n) is 6.73. The Labute approximate surface area is 148 Å². The monoisotopic (exact) mass is 333 g/mol. The Morgan fingerprint density at radius 3 is 2.44 bits per heavy atom. The number of rotatable bonds is 3. The first-order valence-electron chi connectivity index (χ1n) is 8.78. The lowest BCUT2D eigenvalue weighted by molar-refractivity contribution is 0.126. The average molecular weight is 333 g/mol. The van der Waals surface area contributed by atoms with E-state index in [0.29, 0.717) is 11.3 Å². The van der Waals surface area contributed by atoms with Crippen LogP contribution in [0, 0.1) is 0 Å².